The third-order valence-corrected chi connectivity index (χ3v) is 3.58. The number of halogens is 2. The quantitative estimate of drug-likeness (QED) is 0.819. The van der Waals surface area contributed by atoms with Crippen molar-refractivity contribution < 1.29 is 4.74 Å². The van der Waals surface area contributed by atoms with Crippen LogP contribution >= 0.6 is 27.5 Å². The lowest BCUT2D eigenvalue weighted by Crippen LogP contribution is -2.18. The van der Waals surface area contributed by atoms with Crippen molar-refractivity contribution in [3.63, 3.8) is 0 Å². The van der Waals surface area contributed by atoms with Crippen LogP contribution in [0.3, 0.4) is 0 Å². The summed E-state index contributed by atoms with van der Waals surface area (Å²) in [5, 5.41) is 8.11. The Morgan fingerprint density at radius 1 is 1.47 bits per heavy atom. The summed E-state index contributed by atoms with van der Waals surface area (Å²) in [7, 11) is 1.70. The lowest BCUT2D eigenvalue weighted by Gasteiger charge is -2.09. The molecule has 0 bridgehead atoms. The van der Waals surface area contributed by atoms with E-state index in [1.165, 1.54) is 5.56 Å². The van der Waals surface area contributed by atoms with E-state index in [9.17, 15) is 0 Å². The van der Waals surface area contributed by atoms with Gasteiger partial charge in [-0.15, -0.1) is 0 Å². The molecule has 0 atom stereocenters. The van der Waals surface area contributed by atoms with E-state index in [0.29, 0.717) is 11.6 Å². The molecule has 0 aliphatic carbocycles. The zero-order valence-electron chi connectivity index (χ0n) is 10.6. The van der Waals surface area contributed by atoms with E-state index in [4.69, 9.17) is 16.3 Å². The van der Waals surface area contributed by atoms with Crippen LogP contribution in [-0.4, -0.2) is 30.0 Å². The normalized spacial score (nSPS) is 10.9. The minimum atomic E-state index is 0.626. The molecule has 0 unspecified atom stereocenters. The van der Waals surface area contributed by atoms with E-state index in [-0.39, 0.29) is 0 Å². The van der Waals surface area contributed by atoms with Gasteiger partial charge in [0.25, 0.3) is 0 Å². The topological polar surface area (TPSA) is 39.1 Å². The molecule has 2 aromatic rings. The minimum Gasteiger partial charge on any atom is -0.383 e. The van der Waals surface area contributed by atoms with Gasteiger partial charge in [0.1, 0.15) is 0 Å². The van der Waals surface area contributed by atoms with Crippen LogP contribution in [-0.2, 0) is 11.3 Å². The molecule has 0 radical (unpaired) electrons. The van der Waals surface area contributed by atoms with Gasteiger partial charge in [0.15, 0.2) is 0 Å². The number of benzene rings is 1. The van der Waals surface area contributed by atoms with Gasteiger partial charge in [0.2, 0.25) is 0 Å². The molecule has 0 saturated carbocycles. The molecule has 19 heavy (non-hydrogen) atoms. The van der Waals surface area contributed by atoms with Gasteiger partial charge in [-0.3, -0.25) is 0 Å². The fraction of sp³-hybridized carbons (Fsp3) is 0.308. The number of methoxy groups -OCH3 is 1. The molecule has 0 aliphatic rings. The minimum absolute atomic E-state index is 0.626. The lowest BCUT2D eigenvalue weighted by atomic mass is 10.2. The first-order valence-corrected chi connectivity index (χ1v) is 7.06. The van der Waals surface area contributed by atoms with Gasteiger partial charge >= 0.3 is 0 Å². The Hall–Kier alpha value is -0.880. The van der Waals surface area contributed by atoms with Crippen LogP contribution in [0.2, 0.25) is 5.02 Å². The van der Waals surface area contributed by atoms with Crippen molar-refractivity contribution in [1.82, 2.24) is 15.1 Å². The zero-order valence-corrected chi connectivity index (χ0v) is 12.9. The van der Waals surface area contributed by atoms with E-state index in [0.717, 1.165) is 23.2 Å². The Labute approximate surface area is 125 Å². The number of nitrogens with zero attached hydrogens (tertiary/aromatic N) is 2. The molecule has 0 spiro atoms. The highest BCUT2D eigenvalue weighted by Gasteiger charge is 2.04. The molecule has 1 N–H and O–H groups in total. The highest BCUT2D eigenvalue weighted by Crippen LogP contribution is 2.21. The largest absolute Gasteiger partial charge is 0.383 e. The molecule has 6 heteroatoms. The molecule has 0 saturated heterocycles. The van der Waals surface area contributed by atoms with Crippen LogP contribution in [0.5, 0.6) is 0 Å². The van der Waals surface area contributed by atoms with E-state index in [1.54, 1.807) is 24.2 Å². The van der Waals surface area contributed by atoms with Crippen LogP contribution in [0.1, 0.15) is 5.56 Å². The van der Waals surface area contributed by atoms with Crippen LogP contribution in [0.4, 0.5) is 0 Å². The summed E-state index contributed by atoms with van der Waals surface area (Å²) in [5.74, 6) is 0. The molecule has 4 nitrogen and oxygen atoms in total. The third kappa shape index (κ3) is 4.04. The van der Waals surface area contributed by atoms with Crippen molar-refractivity contribution in [1.29, 1.82) is 0 Å². The average Bonchev–Trinajstić information content (AvgIpc) is 2.83. The first-order valence-electron chi connectivity index (χ1n) is 5.89. The van der Waals surface area contributed by atoms with Crippen molar-refractivity contribution in [2.45, 2.75) is 6.54 Å². The van der Waals surface area contributed by atoms with Crippen molar-refractivity contribution in [3.05, 3.63) is 45.7 Å². The second kappa shape index (κ2) is 7.05. The average molecular weight is 345 g/mol. The van der Waals surface area contributed by atoms with Crippen molar-refractivity contribution in [2.75, 3.05) is 20.3 Å². The Morgan fingerprint density at radius 2 is 2.32 bits per heavy atom. The molecular formula is C13H15BrClN3O. The third-order valence-electron chi connectivity index (χ3n) is 2.65. The smallest absolute Gasteiger partial charge is 0.0790 e. The van der Waals surface area contributed by atoms with Crippen molar-refractivity contribution in [3.8, 4) is 5.69 Å². The molecule has 1 aromatic heterocycles. The van der Waals surface area contributed by atoms with Crippen LogP contribution in [0.15, 0.2) is 35.1 Å². The first-order chi connectivity index (χ1) is 9.20. The Balaban J connectivity index is 2.04. The van der Waals surface area contributed by atoms with Crippen LogP contribution < -0.4 is 5.32 Å². The van der Waals surface area contributed by atoms with E-state index in [2.05, 4.69) is 32.4 Å². The highest BCUT2D eigenvalue weighted by molar-refractivity contribution is 9.10. The molecule has 102 valence electrons. The fourth-order valence-corrected chi connectivity index (χ4v) is 2.30. The summed E-state index contributed by atoms with van der Waals surface area (Å²) in [6.07, 6.45) is 3.40. The predicted molar refractivity (Wildman–Crippen MR) is 79.9 cm³/mol. The van der Waals surface area contributed by atoms with Gasteiger partial charge in [-0.25, -0.2) is 4.68 Å². The number of rotatable bonds is 6. The van der Waals surface area contributed by atoms with E-state index in [1.807, 2.05) is 12.1 Å². The highest BCUT2D eigenvalue weighted by atomic mass is 79.9. The monoisotopic (exact) mass is 343 g/mol. The van der Waals surface area contributed by atoms with E-state index >= 15 is 0 Å². The molecule has 1 heterocycles. The number of ether oxygens (including phenoxy) is 1. The van der Waals surface area contributed by atoms with E-state index < -0.39 is 0 Å². The summed E-state index contributed by atoms with van der Waals surface area (Å²) < 4.78 is 7.78. The molecule has 0 aliphatic heterocycles. The maximum Gasteiger partial charge on any atom is 0.0790 e. The van der Waals surface area contributed by atoms with Gasteiger partial charge in [0.05, 0.1) is 23.5 Å². The number of hydrogen-bond donors (Lipinski definition) is 1. The second-order valence-corrected chi connectivity index (χ2v) is 5.34. The molecule has 0 amide bonds. The second-order valence-electron chi connectivity index (χ2n) is 4.05. The summed E-state index contributed by atoms with van der Waals surface area (Å²) >= 11 is 9.44. The van der Waals surface area contributed by atoms with Gasteiger partial charge < -0.3 is 10.1 Å². The maximum atomic E-state index is 5.86. The van der Waals surface area contributed by atoms with Gasteiger partial charge in [-0.1, -0.05) is 33.6 Å². The summed E-state index contributed by atoms with van der Waals surface area (Å²) in [4.78, 5) is 0. The Morgan fingerprint density at radius 3 is 2.95 bits per heavy atom. The summed E-state index contributed by atoms with van der Waals surface area (Å²) in [6, 6.07) is 6.10. The van der Waals surface area contributed by atoms with Crippen molar-refractivity contribution >= 4 is 27.5 Å². The SMILES string of the molecule is COCCNCc1ccc(-n2cc(Cl)cn2)cc1Br. The number of hydrogen-bond acceptors (Lipinski definition) is 3. The van der Waals surface area contributed by atoms with Gasteiger partial charge in [-0.2, -0.15) is 5.10 Å². The molecule has 2 rings (SSSR count). The molecular weight excluding hydrogens is 330 g/mol. The van der Waals surface area contributed by atoms with Gasteiger partial charge in [-0.05, 0) is 17.7 Å². The maximum absolute atomic E-state index is 5.86. The van der Waals surface area contributed by atoms with Crippen LogP contribution in [0.25, 0.3) is 5.69 Å². The Kier molecular flexibility index (Phi) is 5.39. The predicted octanol–water partition coefficient (Wildman–Crippen LogP) is 3.02. The molecule has 1 aromatic carbocycles. The first kappa shape index (κ1) is 14.5. The lowest BCUT2D eigenvalue weighted by molar-refractivity contribution is 0.199. The Bertz CT molecular complexity index is 544. The number of aromatic nitrogens is 2. The summed E-state index contributed by atoms with van der Waals surface area (Å²) in [5.41, 5.74) is 2.16. The summed E-state index contributed by atoms with van der Waals surface area (Å²) in [6.45, 7) is 2.34. The fourth-order valence-electron chi connectivity index (χ4n) is 1.66. The van der Waals surface area contributed by atoms with Gasteiger partial charge in [0, 0.05) is 30.9 Å². The zero-order chi connectivity index (χ0) is 13.7. The number of nitrogens with one attached hydrogen (secondary N) is 1. The van der Waals surface area contributed by atoms with Crippen LogP contribution in [0, 0.1) is 0 Å². The standard InChI is InChI=1S/C13H15BrClN3O/c1-19-5-4-16-7-10-2-3-12(6-13(10)14)18-9-11(15)8-17-18/h2-3,6,8-9,16H,4-5,7H2,1H3. The van der Waals surface area contributed by atoms with Crippen molar-refractivity contribution in [2.24, 2.45) is 0 Å². The molecule has 0 fully saturated rings.